The fourth-order valence-corrected chi connectivity index (χ4v) is 5.41. The molecule has 3 aromatic rings. The number of aromatic nitrogens is 2. The molecule has 28 heavy (non-hydrogen) atoms. The minimum atomic E-state index is -3.75. The molecule has 0 saturated carbocycles. The van der Waals surface area contributed by atoms with Crippen LogP contribution in [0, 0.1) is 0 Å². The lowest BCUT2D eigenvalue weighted by Crippen LogP contribution is -2.14. The van der Waals surface area contributed by atoms with Crippen molar-refractivity contribution in [2.75, 3.05) is 25.4 Å². The number of allylic oxidation sites excluding steroid dienone is 1. The Bertz CT molecular complexity index is 1180. The number of nitrogens with zero attached hydrogens (tertiary/aromatic N) is 3. The average molecular weight is 415 g/mol. The summed E-state index contributed by atoms with van der Waals surface area (Å²) in [6, 6.07) is 10.8. The summed E-state index contributed by atoms with van der Waals surface area (Å²) < 4.78 is 37.0. The standard InChI is InChI=1S/C20H22N4O2S2/c1-13-11-14-7-8-15(12-17(14)16(13)9-10-24(2)3)23-28(25,26)19-6-4-5-18-20(19)22-27-21-18/h4-8,12,23H,9-11H2,1-3H3. The highest BCUT2D eigenvalue weighted by molar-refractivity contribution is 7.93. The van der Waals surface area contributed by atoms with Crippen LogP contribution in [0.5, 0.6) is 0 Å². The van der Waals surface area contributed by atoms with E-state index in [0.717, 1.165) is 36.7 Å². The van der Waals surface area contributed by atoms with Crippen LogP contribution >= 0.6 is 11.7 Å². The zero-order valence-electron chi connectivity index (χ0n) is 16.1. The molecule has 0 spiro atoms. The van der Waals surface area contributed by atoms with Gasteiger partial charge in [0.15, 0.2) is 0 Å². The molecule has 1 aliphatic rings. The summed E-state index contributed by atoms with van der Waals surface area (Å²) in [5.74, 6) is 0. The average Bonchev–Trinajstić information content (AvgIpc) is 3.22. The zero-order valence-corrected chi connectivity index (χ0v) is 17.7. The molecular weight excluding hydrogens is 392 g/mol. The van der Waals surface area contributed by atoms with Gasteiger partial charge < -0.3 is 4.90 Å². The molecule has 6 nitrogen and oxygen atoms in total. The van der Waals surface area contributed by atoms with Crippen molar-refractivity contribution >= 4 is 44.0 Å². The lowest BCUT2D eigenvalue weighted by molar-refractivity contribution is 0.419. The molecule has 0 bridgehead atoms. The maximum absolute atomic E-state index is 13.0. The second kappa shape index (κ2) is 7.27. The number of benzene rings is 2. The van der Waals surface area contributed by atoms with E-state index >= 15 is 0 Å². The molecule has 1 heterocycles. The summed E-state index contributed by atoms with van der Waals surface area (Å²) in [6.07, 6.45) is 1.88. The van der Waals surface area contributed by atoms with E-state index in [1.807, 2.05) is 18.2 Å². The van der Waals surface area contributed by atoms with Gasteiger partial charge in [0.05, 0.1) is 11.7 Å². The highest BCUT2D eigenvalue weighted by atomic mass is 32.2. The van der Waals surface area contributed by atoms with Crippen molar-refractivity contribution in [2.24, 2.45) is 0 Å². The Kier molecular flexibility index (Phi) is 4.95. The third kappa shape index (κ3) is 3.55. The van der Waals surface area contributed by atoms with Crippen LogP contribution in [0.3, 0.4) is 0 Å². The van der Waals surface area contributed by atoms with Crippen LogP contribution < -0.4 is 4.72 Å². The minimum Gasteiger partial charge on any atom is -0.309 e. The van der Waals surface area contributed by atoms with Gasteiger partial charge >= 0.3 is 0 Å². The largest absolute Gasteiger partial charge is 0.309 e. The molecule has 1 aliphatic carbocycles. The van der Waals surface area contributed by atoms with Crippen LogP contribution in [0.4, 0.5) is 5.69 Å². The van der Waals surface area contributed by atoms with E-state index in [9.17, 15) is 8.42 Å². The monoisotopic (exact) mass is 414 g/mol. The normalized spacial score (nSPS) is 14.1. The number of fused-ring (bicyclic) bond motifs is 2. The predicted octanol–water partition coefficient (Wildman–Crippen LogP) is 3.77. The van der Waals surface area contributed by atoms with Gasteiger partial charge in [-0.2, -0.15) is 8.75 Å². The second-order valence-electron chi connectivity index (χ2n) is 7.35. The zero-order chi connectivity index (χ0) is 19.9. The van der Waals surface area contributed by atoms with Gasteiger partial charge in [0, 0.05) is 12.2 Å². The van der Waals surface area contributed by atoms with Crippen LogP contribution in [0.2, 0.25) is 0 Å². The second-order valence-corrected chi connectivity index (χ2v) is 9.53. The highest BCUT2D eigenvalue weighted by Crippen LogP contribution is 2.37. The minimum absolute atomic E-state index is 0.152. The fourth-order valence-electron chi connectivity index (χ4n) is 3.59. The van der Waals surface area contributed by atoms with Gasteiger partial charge in [0.1, 0.15) is 15.9 Å². The fraction of sp³-hybridized carbons (Fsp3) is 0.300. The van der Waals surface area contributed by atoms with E-state index in [4.69, 9.17) is 0 Å². The molecule has 1 N–H and O–H groups in total. The molecule has 8 heteroatoms. The summed E-state index contributed by atoms with van der Waals surface area (Å²) in [6.45, 7) is 3.12. The van der Waals surface area contributed by atoms with Gasteiger partial charge in [-0.15, -0.1) is 0 Å². The van der Waals surface area contributed by atoms with Crippen molar-refractivity contribution in [3.05, 3.63) is 53.1 Å². The van der Waals surface area contributed by atoms with E-state index in [1.165, 1.54) is 16.7 Å². The number of nitrogens with one attached hydrogen (secondary N) is 1. The number of sulfonamides is 1. The van der Waals surface area contributed by atoms with Crippen LogP contribution in [-0.4, -0.2) is 42.7 Å². The smallest absolute Gasteiger partial charge is 0.264 e. The first-order chi connectivity index (χ1) is 13.3. The Morgan fingerprint density at radius 1 is 1.18 bits per heavy atom. The summed E-state index contributed by atoms with van der Waals surface area (Å²) >= 11 is 1.01. The Balaban J connectivity index is 1.66. The topological polar surface area (TPSA) is 75.2 Å². The van der Waals surface area contributed by atoms with E-state index in [-0.39, 0.29) is 4.90 Å². The Morgan fingerprint density at radius 2 is 2.00 bits per heavy atom. The molecule has 1 aromatic heterocycles. The van der Waals surface area contributed by atoms with Crippen molar-refractivity contribution in [3.63, 3.8) is 0 Å². The summed E-state index contributed by atoms with van der Waals surface area (Å²) in [5.41, 5.74) is 6.63. The lowest BCUT2D eigenvalue weighted by atomic mass is 10.0. The molecular formula is C20H22N4O2S2. The summed E-state index contributed by atoms with van der Waals surface area (Å²) in [4.78, 5) is 2.31. The van der Waals surface area contributed by atoms with Gasteiger partial charge in [0.2, 0.25) is 0 Å². The molecule has 0 unspecified atom stereocenters. The maximum Gasteiger partial charge on any atom is 0.264 e. The molecule has 0 aliphatic heterocycles. The number of rotatable bonds is 6. The van der Waals surface area contributed by atoms with Crippen LogP contribution in [-0.2, 0) is 16.4 Å². The van der Waals surface area contributed by atoms with Crippen molar-refractivity contribution < 1.29 is 8.42 Å². The third-order valence-corrected chi connectivity index (χ3v) is 6.96. The summed E-state index contributed by atoms with van der Waals surface area (Å²) in [7, 11) is 0.365. The first kappa shape index (κ1) is 19.0. The SMILES string of the molecule is CC1=C(CCN(C)C)c2cc(NS(=O)(=O)c3cccc4nsnc34)ccc2C1. The Morgan fingerprint density at radius 3 is 2.79 bits per heavy atom. The van der Waals surface area contributed by atoms with Crippen molar-refractivity contribution in [1.29, 1.82) is 0 Å². The Hall–Kier alpha value is -2.29. The van der Waals surface area contributed by atoms with Crippen molar-refractivity contribution in [3.8, 4) is 0 Å². The third-order valence-electron chi connectivity index (χ3n) is 5.01. The number of anilines is 1. The van der Waals surface area contributed by atoms with Crippen molar-refractivity contribution in [1.82, 2.24) is 13.6 Å². The number of hydrogen-bond donors (Lipinski definition) is 1. The maximum atomic E-state index is 13.0. The van der Waals surface area contributed by atoms with E-state index in [2.05, 4.69) is 39.4 Å². The number of hydrogen-bond acceptors (Lipinski definition) is 6. The van der Waals surface area contributed by atoms with Gasteiger partial charge in [-0.3, -0.25) is 4.72 Å². The summed E-state index contributed by atoms with van der Waals surface area (Å²) in [5, 5.41) is 0. The van der Waals surface area contributed by atoms with Crippen LogP contribution in [0.1, 0.15) is 24.5 Å². The van der Waals surface area contributed by atoms with Crippen LogP contribution in [0.25, 0.3) is 16.6 Å². The molecule has 0 fully saturated rings. The first-order valence-electron chi connectivity index (χ1n) is 9.06. The molecule has 146 valence electrons. The molecule has 0 saturated heterocycles. The lowest BCUT2D eigenvalue weighted by Gasteiger charge is -2.14. The van der Waals surface area contributed by atoms with E-state index in [0.29, 0.717) is 16.7 Å². The molecule has 0 amide bonds. The van der Waals surface area contributed by atoms with Gasteiger partial charge in [-0.25, -0.2) is 8.42 Å². The van der Waals surface area contributed by atoms with Gasteiger partial charge in [0.25, 0.3) is 10.0 Å². The predicted molar refractivity (Wildman–Crippen MR) is 114 cm³/mol. The molecule has 4 rings (SSSR count). The van der Waals surface area contributed by atoms with E-state index in [1.54, 1.807) is 18.2 Å². The van der Waals surface area contributed by atoms with Gasteiger partial charge in [-0.05, 0) is 74.8 Å². The van der Waals surface area contributed by atoms with Crippen molar-refractivity contribution in [2.45, 2.75) is 24.7 Å². The Labute approximate surface area is 169 Å². The first-order valence-corrected chi connectivity index (χ1v) is 11.3. The molecule has 2 aromatic carbocycles. The molecule has 0 atom stereocenters. The van der Waals surface area contributed by atoms with E-state index < -0.39 is 10.0 Å². The van der Waals surface area contributed by atoms with Crippen LogP contribution in [0.15, 0.2) is 46.9 Å². The molecule has 0 radical (unpaired) electrons. The quantitative estimate of drug-likeness (QED) is 0.664. The highest BCUT2D eigenvalue weighted by Gasteiger charge is 2.23. The van der Waals surface area contributed by atoms with Gasteiger partial charge in [-0.1, -0.05) is 17.7 Å².